The van der Waals surface area contributed by atoms with Crippen LogP contribution >= 0.6 is 0 Å². The van der Waals surface area contributed by atoms with Crippen molar-refractivity contribution in [2.45, 2.75) is 52.7 Å². The summed E-state index contributed by atoms with van der Waals surface area (Å²) in [5.41, 5.74) is 1.09. The smallest absolute Gasteiger partial charge is 0.426 e. The summed E-state index contributed by atoms with van der Waals surface area (Å²) in [6.45, 7) is 11.4. The summed E-state index contributed by atoms with van der Waals surface area (Å²) in [6, 6.07) is 5.57. The van der Waals surface area contributed by atoms with E-state index in [-0.39, 0.29) is 17.2 Å². The Morgan fingerprint density at radius 1 is 1.15 bits per heavy atom. The van der Waals surface area contributed by atoms with E-state index in [1.165, 1.54) is 6.92 Å². The molecule has 5 heteroatoms. The first-order valence-electron chi connectivity index (χ1n) is 6.77. The lowest BCUT2D eigenvalue weighted by molar-refractivity contribution is -0.131. The van der Waals surface area contributed by atoms with Crippen LogP contribution in [0.5, 0.6) is 5.75 Å². The molecule has 0 N–H and O–H groups in total. The average Bonchev–Trinajstić information content (AvgIpc) is 2.50. The number of esters is 1. The first kappa shape index (κ1) is 15.1. The molecule has 1 aliphatic heterocycles. The summed E-state index contributed by atoms with van der Waals surface area (Å²) in [7, 11) is -0.398. The highest BCUT2D eigenvalue weighted by Crippen LogP contribution is 2.36. The topological polar surface area (TPSA) is 44.8 Å². The highest BCUT2D eigenvalue weighted by atomic mass is 16.7. The molecule has 0 atom stereocenters. The largest absolute Gasteiger partial charge is 0.494 e. The third kappa shape index (κ3) is 2.74. The maximum Gasteiger partial charge on any atom is 0.494 e. The Morgan fingerprint density at radius 3 is 2.15 bits per heavy atom. The van der Waals surface area contributed by atoms with E-state index in [4.69, 9.17) is 14.0 Å². The normalized spacial score (nSPS) is 20.0. The number of hydrogen-bond acceptors (Lipinski definition) is 4. The predicted molar refractivity (Wildman–Crippen MR) is 78.2 cm³/mol. The van der Waals surface area contributed by atoms with Crippen LogP contribution in [0.1, 0.15) is 40.2 Å². The van der Waals surface area contributed by atoms with Crippen molar-refractivity contribution in [1.29, 1.82) is 0 Å². The van der Waals surface area contributed by atoms with Crippen LogP contribution in [-0.4, -0.2) is 24.3 Å². The highest BCUT2D eigenvalue weighted by molar-refractivity contribution is 6.62. The number of carbonyl (C=O) groups is 1. The Labute approximate surface area is 120 Å². The predicted octanol–water partition coefficient (Wildman–Crippen LogP) is 2.22. The van der Waals surface area contributed by atoms with E-state index in [9.17, 15) is 4.79 Å². The molecule has 0 amide bonds. The van der Waals surface area contributed by atoms with Crippen molar-refractivity contribution in [1.82, 2.24) is 0 Å². The van der Waals surface area contributed by atoms with Gasteiger partial charge in [0.2, 0.25) is 0 Å². The molecule has 108 valence electrons. The number of hydrogen-bond donors (Lipinski definition) is 0. The highest BCUT2D eigenvalue weighted by Gasteiger charge is 2.51. The molecule has 2 rings (SSSR count). The summed E-state index contributed by atoms with van der Waals surface area (Å²) in [6.07, 6.45) is 0. The zero-order chi connectivity index (χ0) is 15.1. The molecule has 1 heterocycles. The molecule has 1 aliphatic rings. The summed E-state index contributed by atoms with van der Waals surface area (Å²) in [4.78, 5) is 11.0. The second-order valence-electron chi connectivity index (χ2n) is 6.21. The molecule has 0 spiro atoms. The molecule has 0 unspecified atom stereocenters. The van der Waals surface area contributed by atoms with Gasteiger partial charge in [-0.3, -0.25) is 4.79 Å². The summed E-state index contributed by atoms with van der Waals surface area (Å²) in [5, 5.41) is 0. The van der Waals surface area contributed by atoms with Gasteiger partial charge in [-0.1, -0.05) is 12.1 Å². The molecule has 0 radical (unpaired) electrons. The molecule has 1 fully saturated rings. The zero-order valence-corrected chi connectivity index (χ0v) is 12.9. The van der Waals surface area contributed by atoms with E-state index in [0.29, 0.717) is 5.75 Å². The fraction of sp³-hybridized carbons (Fsp3) is 0.533. The van der Waals surface area contributed by atoms with Crippen molar-refractivity contribution < 1.29 is 18.8 Å². The Morgan fingerprint density at radius 2 is 1.70 bits per heavy atom. The molecule has 4 nitrogen and oxygen atoms in total. The number of rotatable bonds is 2. The molecular formula is C15H21BO4. The van der Waals surface area contributed by atoms with E-state index >= 15 is 0 Å². The fourth-order valence-corrected chi connectivity index (χ4v) is 2.07. The van der Waals surface area contributed by atoms with Gasteiger partial charge in [-0.15, -0.1) is 0 Å². The van der Waals surface area contributed by atoms with E-state index < -0.39 is 7.12 Å². The van der Waals surface area contributed by atoms with Crippen LogP contribution < -0.4 is 10.2 Å². The van der Waals surface area contributed by atoms with Crippen LogP contribution in [0.4, 0.5) is 0 Å². The van der Waals surface area contributed by atoms with Crippen LogP contribution in [0.15, 0.2) is 18.2 Å². The van der Waals surface area contributed by atoms with Crippen LogP contribution in [0.25, 0.3) is 0 Å². The molecule has 1 aromatic rings. The first-order valence-corrected chi connectivity index (χ1v) is 6.77. The van der Waals surface area contributed by atoms with E-state index in [0.717, 1.165) is 11.0 Å². The molecule has 0 aromatic heterocycles. The zero-order valence-electron chi connectivity index (χ0n) is 12.9. The maximum atomic E-state index is 11.0. The van der Waals surface area contributed by atoms with Gasteiger partial charge in [0.15, 0.2) is 0 Å². The minimum Gasteiger partial charge on any atom is -0.426 e. The lowest BCUT2D eigenvalue weighted by Gasteiger charge is -2.32. The number of benzene rings is 1. The standard InChI is InChI=1S/C15H21BO4/c1-10-9-12(7-8-13(10)18-11(2)17)16-19-14(3,4)15(5,6)20-16/h7-9H,1-6H3. The minimum absolute atomic E-state index is 0.323. The average molecular weight is 276 g/mol. The molecule has 0 saturated carbocycles. The molecule has 0 aliphatic carbocycles. The Kier molecular flexibility index (Phi) is 3.69. The lowest BCUT2D eigenvalue weighted by atomic mass is 9.78. The summed E-state index contributed by atoms with van der Waals surface area (Å²) >= 11 is 0. The van der Waals surface area contributed by atoms with Crippen LogP contribution in [0.3, 0.4) is 0 Å². The van der Waals surface area contributed by atoms with Crippen LogP contribution in [0.2, 0.25) is 0 Å². The second kappa shape index (κ2) is 4.90. The molecule has 20 heavy (non-hydrogen) atoms. The number of aryl methyl sites for hydroxylation is 1. The van der Waals surface area contributed by atoms with Gasteiger partial charge in [0.25, 0.3) is 0 Å². The van der Waals surface area contributed by atoms with Gasteiger partial charge >= 0.3 is 13.1 Å². The molecular weight excluding hydrogens is 255 g/mol. The lowest BCUT2D eigenvalue weighted by Crippen LogP contribution is -2.41. The Balaban J connectivity index is 2.24. The van der Waals surface area contributed by atoms with Gasteiger partial charge < -0.3 is 14.0 Å². The van der Waals surface area contributed by atoms with Gasteiger partial charge in [-0.25, -0.2) is 0 Å². The number of carbonyl (C=O) groups excluding carboxylic acids is 1. The van der Waals surface area contributed by atoms with Crippen molar-refractivity contribution in [3.05, 3.63) is 23.8 Å². The van der Waals surface area contributed by atoms with E-state index in [1.807, 2.05) is 46.8 Å². The molecule has 0 bridgehead atoms. The van der Waals surface area contributed by atoms with Crippen molar-refractivity contribution in [3.8, 4) is 5.75 Å². The van der Waals surface area contributed by atoms with Gasteiger partial charge in [-0.2, -0.15) is 0 Å². The molecule has 1 saturated heterocycles. The Hall–Kier alpha value is -1.33. The summed E-state index contributed by atoms with van der Waals surface area (Å²) in [5.74, 6) is 0.245. The van der Waals surface area contributed by atoms with Crippen molar-refractivity contribution in [3.63, 3.8) is 0 Å². The van der Waals surface area contributed by atoms with Crippen LogP contribution in [0, 0.1) is 6.92 Å². The monoisotopic (exact) mass is 276 g/mol. The van der Waals surface area contributed by atoms with Gasteiger partial charge in [0.05, 0.1) is 11.2 Å². The minimum atomic E-state index is -0.398. The molecule has 1 aromatic carbocycles. The first-order chi connectivity index (χ1) is 9.12. The summed E-state index contributed by atoms with van der Waals surface area (Å²) < 4.78 is 17.1. The van der Waals surface area contributed by atoms with Gasteiger partial charge in [-0.05, 0) is 51.7 Å². The third-order valence-electron chi connectivity index (χ3n) is 3.98. The van der Waals surface area contributed by atoms with Crippen molar-refractivity contribution in [2.75, 3.05) is 0 Å². The van der Waals surface area contributed by atoms with E-state index in [2.05, 4.69) is 0 Å². The Bertz CT molecular complexity index is 521. The second-order valence-corrected chi connectivity index (χ2v) is 6.21. The van der Waals surface area contributed by atoms with Crippen LogP contribution in [-0.2, 0) is 14.1 Å². The quantitative estimate of drug-likeness (QED) is 0.472. The fourth-order valence-electron chi connectivity index (χ4n) is 2.07. The van der Waals surface area contributed by atoms with E-state index in [1.54, 1.807) is 6.07 Å². The van der Waals surface area contributed by atoms with Crippen molar-refractivity contribution in [2.24, 2.45) is 0 Å². The van der Waals surface area contributed by atoms with Crippen molar-refractivity contribution >= 4 is 18.6 Å². The number of ether oxygens (including phenoxy) is 1. The SMILES string of the molecule is CC(=O)Oc1ccc(B2OC(C)(C)C(C)(C)O2)cc1C. The maximum absolute atomic E-state index is 11.0. The van der Waals surface area contributed by atoms with Gasteiger partial charge in [0.1, 0.15) is 5.75 Å². The third-order valence-corrected chi connectivity index (χ3v) is 3.98. The van der Waals surface area contributed by atoms with Gasteiger partial charge in [0, 0.05) is 6.92 Å².